The van der Waals surface area contributed by atoms with Crippen LogP contribution in [-0.2, 0) is 9.59 Å². The highest BCUT2D eigenvalue weighted by Crippen LogP contribution is 2.67. The first-order valence-electron chi connectivity index (χ1n) is 9.97. The molecule has 4 fully saturated rings. The van der Waals surface area contributed by atoms with Gasteiger partial charge in [0.1, 0.15) is 11.6 Å². The molecule has 134 valence electrons. The van der Waals surface area contributed by atoms with Gasteiger partial charge in [-0.3, -0.25) is 9.59 Å². The van der Waals surface area contributed by atoms with Crippen molar-refractivity contribution in [3.05, 3.63) is 0 Å². The molecule has 0 aromatic heterocycles. The summed E-state index contributed by atoms with van der Waals surface area (Å²) >= 11 is 0. The molecule has 0 unspecified atom stereocenters. The van der Waals surface area contributed by atoms with Gasteiger partial charge in [-0.15, -0.1) is 0 Å². The predicted molar refractivity (Wildman–Crippen MR) is 92.3 cm³/mol. The SMILES string of the molecule is CC(=O)[C@H]1[C@H](O)C[C@H]2[C@@H]3CC[C@@H]4CC(=O)CC[C@]4(C)[C@H]3CC[C@@]21C. The van der Waals surface area contributed by atoms with Crippen molar-refractivity contribution >= 4 is 11.6 Å². The maximum Gasteiger partial charge on any atom is 0.136 e. The van der Waals surface area contributed by atoms with E-state index in [4.69, 9.17) is 0 Å². The molecule has 0 aromatic carbocycles. The van der Waals surface area contributed by atoms with Gasteiger partial charge in [-0.2, -0.15) is 0 Å². The van der Waals surface area contributed by atoms with E-state index >= 15 is 0 Å². The summed E-state index contributed by atoms with van der Waals surface area (Å²) in [6, 6.07) is 0. The van der Waals surface area contributed by atoms with Crippen LogP contribution in [0.15, 0.2) is 0 Å². The molecule has 4 rings (SSSR count). The van der Waals surface area contributed by atoms with E-state index in [-0.39, 0.29) is 17.1 Å². The van der Waals surface area contributed by atoms with Gasteiger partial charge in [0.25, 0.3) is 0 Å². The smallest absolute Gasteiger partial charge is 0.136 e. The van der Waals surface area contributed by atoms with Crippen molar-refractivity contribution in [3.63, 3.8) is 0 Å². The fraction of sp³-hybridized carbons (Fsp3) is 0.905. The van der Waals surface area contributed by atoms with Crippen molar-refractivity contribution in [1.82, 2.24) is 0 Å². The van der Waals surface area contributed by atoms with E-state index in [0.29, 0.717) is 34.9 Å². The van der Waals surface area contributed by atoms with E-state index in [1.807, 2.05) is 0 Å². The molecule has 8 atom stereocenters. The number of carbonyl (C=O) groups excluding carboxylic acids is 2. The topological polar surface area (TPSA) is 54.4 Å². The lowest BCUT2D eigenvalue weighted by atomic mass is 9.44. The third-order valence-corrected chi connectivity index (χ3v) is 8.95. The minimum atomic E-state index is -0.449. The van der Waals surface area contributed by atoms with Crippen LogP contribution in [0.25, 0.3) is 0 Å². The molecule has 0 bridgehead atoms. The molecule has 0 radical (unpaired) electrons. The number of fused-ring (bicyclic) bond motifs is 5. The molecular weight excluding hydrogens is 300 g/mol. The van der Waals surface area contributed by atoms with Gasteiger partial charge >= 0.3 is 0 Å². The third kappa shape index (κ3) is 2.12. The van der Waals surface area contributed by atoms with E-state index in [0.717, 1.165) is 38.5 Å². The van der Waals surface area contributed by atoms with Crippen molar-refractivity contribution in [2.24, 2.45) is 40.4 Å². The number of hydrogen-bond donors (Lipinski definition) is 1. The minimum absolute atomic E-state index is 0.0138. The molecule has 0 heterocycles. The van der Waals surface area contributed by atoms with Crippen molar-refractivity contribution < 1.29 is 14.7 Å². The zero-order valence-electron chi connectivity index (χ0n) is 15.4. The van der Waals surface area contributed by atoms with E-state index in [1.54, 1.807) is 6.92 Å². The Morgan fingerprint density at radius 2 is 1.83 bits per heavy atom. The van der Waals surface area contributed by atoms with Crippen LogP contribution >= 0.6 is 0 Å². The van der Waals surface area contributed by atoms with Crippen LogP contribution in [0.2, 0.25) is 0 Å². The molecule has 4 aliphatic rings. The number of Topliss-reactive ketones (excluding diaryl/α,β-unsaturated/α-hetero) is 2. The molecule has 24 heavy (non-hydrogen) atoms. The lowest BCUT2D eigenvalue weighted by Gasteiger charge is -2.60. The fourth-order valence-corrected chi connectivity index (χ4v) is 7.79. The van der Waals surface area contributed by atoms with Crippen LogP contribution in [0.3, 0.4) is 0 Å². The van der Waals surface area contributed by atoms with Crippen LogP contribution in [-0.4, -0.2) is 22.8 Å². The quantitative estimate of drug-likeness (QED) is 0.795. The zero-order chi connectivity index (χ0) is 17.3. The van der Waals surface area contributed by atoms with Gasteiger partial charge < -0.3 is 5.11 Å². The van der Waals surface area contributed by atoms with Crippen LogP contribution in [0.4, 0.5) is 0 Å². The maximum atomic E-state index is 12.2. The molecule has 4 saturated carbocycles. The van der Waals surface area contributed by atoms with Gasteiger partial charge in [-0.25, -0.2) is 0 Å². The number of carbonyl (C=O) groups is 2. The van der Waals surface area contributed by atoms with Crippen LogP contribution in [0.1, 0.15) is 72.1 Å². The fourth-order valence-electron chi connectivity index (χ4n) is 7.79. The summed E-state index contributed by atoms with van der Waals surface area (Å²) in [5.74, 6) is 2.84. The Bertz CT molecular complexity index is 569. The number of ketones is 2. The summed E-state index contributed by atoms with van der Waals surface area (Å²) in [5.41, 5.74) is 0.289. The summed E-state index contributed by atoms with van der Waals surface area (Å²) < 4.78 is 0. The van der Waals surface area contributed by atoms with E-state index in [2.05, 4.69) is 13.8 Å². The van der Waals surface area contributed by atoms with Gasteiger partial charge in [0.05, 0.1) is 6.10 Å². The average molecular weight is 332 g/mol. The summed E-state index contributed by atoms with van der Waals surface area (Å²) in [6.45, 7) is 6.38. The standard InChI is InChI=1S/C21H32O3/c1-12(22)19-18(24)11-17-15-5-4-13-10-14(23)6-8-20(13,2)16(15)7-9-21(17,19)3/h13,15-19,24H,4-11H2,1-3H3/t13-,15-,16+,17+,18-,19+,20+,21+/m1/s1. The van der Waals surface area contributed by atoms with E-state index in [9.17, 15) is 14.7 Å². The van der Waals surface area contributed by atoms with Crippen LogP contribution in [0, 0.1) is 40.4 Å². The van der Waals surface area contributed by atoms with Crippen molar-refractivity contribution in [3.8, 4) is 0 Å². The molecular formula is C21H32O3. The molecule has 3 nitrogen and oxygen atoms in total. The Balaban J connectivity index is 1.65. The number of aliphatic hydroxyl groups is 1. The third-order valence-electron chi connectivity index (χ3n) is 8.95. The molecule has 0 aliphatic heterocycles. The van der Waals surface area contributed by atoms with Crippen molar-refractivity contribution in [2.75, 3.05) is 0 Å². The number of rotatable bonds is 1. The van der Waals surface area contributed by atoms with Gasteiger partial charge in [0.2, 0.25) is 0 Å². The molecule has 0 spiro atoms. The lowest BCUT2D eigenvalue weighted by Crippen LogP contribution is -2.54. The summed E-state index contributed by atoms with van der Waals surface area (Å²) in [6.07, 6.45) is 7.56. The Hall–Kier alpha value is -0.700. The Morgan fingerprint density at radius 3 is 2.54 bits per heavy atom. The Morgan fingerprint density at radius 1 is 1.08 bits per heavy atom. The highest BCUT2D eigenvalue weighted by molar-refractivity contribution is 5.80. The molecule has 0 aromatic rings. The number of aliphatic hydroxyl groups excluding tert-OH is 1. The molecule has 0 amide bonds. The lowest BCUT2D eigenvalue weighted by molar-refractivity contribution is -0.144. The second-order valence-corrected chi connectivity index (χ2v) is 9.84. The van der Waals surface area contributed by atoms with Gasteiger partial charge in [-0.1, -0.05) is 13.8 Å². The highest BCUT2D eigenvalue weighted by Gasteiger charge is 2.62. The average Bonchev–Trinajstić information content (AvgIpc) is 2.78. The predicted octanol–water partition coefficient (Wildman–Crippen LogP) is 3.77. The van der Waals surface area contributed by atoms with Gasteiger partial charge in [0.15, 0.2) is 0 Å². The van der Waals surface area contributed by atoms with Crippen molar-refractivity contribution in [1.29, 1.82) is 0 Å². The summed E-state index contributed by atoms with van der Waals surface area (Å²) in [7, 11) is 0. The first-order valence-corrected chi connectivity index (χ1v) is 9.97. The monoisotopic (exact) mass is 332 g/mol. The second-order valence-electron chi connectivity index (χ2n) is 9.84. The van der Waals surface area contributed by atoms with Gasteiger partial charge in [-0.05, 0) is 80.0 Å². The van der Waals surface area contributed by atoms with Crippen LogP contribution < -0.4 is 0 Å². The summed E-state index contributed by atoms with van der Waals surface area (Å²) in [4.78, 5) is 24.2. The number of hydrogen-bond acceptors (Lipinski definition) is 3. The minimum Gasteiger partial charge on any atom is -0.392 e. The first kappa shape index (κ1) is 16.8. The molecule has 4 aliphatic carbocycles. The highest BCUT2D eigenvalue weighted by atomic mass is 16.3. The zero-order valence-corrected chi connectivity index (χ0v) is 15.4. The normalized spacial score (nSPS) is 53.9. The molecule has 1 N–H and O–H groups in total. The van der Waals surface area contributed by atoms with E-state index in [1.165, 1.54) is 12.8 Å². The first-order chi connectivity index (χ1) is 11.3. The van der Waals surface area contributed by atoms with Crippen molar-refractivity contribution in [2.45, 2.75) is 78.2 Å². The molecule has 3 heteroatoms. The molecule has 0 saturated heterocycles. The summed E-state index contributed by atoms with van der Waals surface area (Å²) in [5, 5.41) is 10.6. The van der Waals surface area contributed by atoms with Gasteiger partial charge in [0, 0.05) is 18.8 Å². The Kier molecular flexibility index (Phi) is 3.77. The second kappa shape index (κ2) is 5.40. The Labute approximate surface area is 145 Å². The van der Waals surface area contributed by atoms with E-state index < -0.39 is 6.10 Å². The maximum absolute atomic E-state index is 12.2. The van der Waals surface area contributed by atoms with Crippen LogP contribution in [0.5, 0.6) is 0 Å². The largest absolute Gasteiger partial charge is 0.392 e.